The molecule has 2 unspecified atom stereocenters. The molecule has 1 aliphatic heterocycles. The molecule has 0 radical (unpaired) electrons. The third kappa shape index (κ3) is 5.11. The summed E-state index contributed by atoms with van der Waals surface area (Å²) in [4.78, 5) is 25.6. The van der Waals surface area contributed by atoms with Crippen LogP contribution in [-0.4, -0.2) is 67.0 Å². The third-order valence-corrected chi connectivity index (χ3v) is 7.41. The van der Waals surface area contributed by atoms with E-state index in [1.807, 2.05) is 0 Å². The van der Waals surface area contributed by atoms with Crippen LogP contribution in [-0.2, 0) is 21.4 Å². The van der Waals surface area contributed by atoms with Crippen LogP contribution >= 0.6 is 0 Å². The van der Waals surface area contributed by atoms with Crippen LogP contribution in [0.5, 0.6) is 5.75 Å². The number of amides is 3. The molecule has 10 nitrogen and oxygen atoms in total. The molecule has 2 aromatic carbocycles. The van der Waals surface area contributed by atoms with Crippen LogP contribution in [0.15, 0.2) is 47.4 Å². The number of halogens is 2. The molecule has 1 aliphatic rings. The molecule has 0 aromatic heterocycles. The summed E-state index contributed by atoms with van der Waals surface area (Å²) in [5.74, 6) is -2.22. The van der Waals surface area contributed by atoms with Gasteiger partial charge in [0, 0.05) is 31.8 Å². The Kier molecular flexibility index (Phi) is 7.69. The Morgan fingerprint density at radius 2 is 1.82 bits per heavy atom. The molecule has 2 atom stereocenters. The number of hydrogen-bond acceptors (Lipinski definition) is 6. The molecule has 2 aromatic rings. The van der Waals surface area contributed by atoms with Crippen LogP contribution in [0, 0.1) is 11.6 Å². The molecule has 3 amide bonds. The van der Waals surface area contributed by atoms with Crippen LogP contribution < -0.4 is 15.5 Å². The van der Waals surface area contributed by atoms with Crippen molar-refractivity contribution in [3.05, 3.63) is 59.7 Å². The Morgan fingerprint density at radius 1 is 1.15 bits per heavy atom. The Bertz CT molecular complexity index is 1160. The van der Waals surface area contributed by atoms with Gasteiger partial charge in [0.2, 0.25) is 10.0 Å². The summed E-state index contributed by atoms with van der Waals surface area (Å²) in [7, 11) is -2.79. The highest BCUT2D eigenvalue weighted by atomic mass is 32.2. The number of hydrogen-bond donors (Lipinski definition) is 3. The van der Waals surface area contributed by atoms with Gasteiger partial charge in [0.05, 0.1) is 10.9 Å². The molecule has 0 aliphatic carbocycles. The van der Waals surface area contributed by atoms with Crippen molar-refractivity contribution in [2.24, 2.45) is 0 Å². The van der Waals surface area contributed by atoms with Gasteiger partial charge in [-0.2, -0.15) is 4.31 Å². The summed E-state index contributed by atoms with van der Waals surface area (Å²) in [6, 6.07) is 5.58. The SMILES string of the molecule is CNC(=O)N1CCN(S(=O)(=O)c2ccc(OCc3ccc(F)cc3F)cc2)C(C(=O)NO)C1C. The maximum atomic E-state index is 13.8. The molecule has 184 valence electrons. The van der Waals surface area contributed by atoms with E-state index < -0.39 is 45.7 Å². The fourth-order valence-corrected chi connectivity index (χ4v) is 5.36. The lowest BCUT2D eigenvalue weighted by molar-refractivity contribution is -0.136. The monoisotopic (exact) mass is 498 g/mol. The first-order chi connectivity index (χ1) is 16.1. The van der Waals surface area contributed by atoms with Crippen molar-refractivity contribution in [2.45, 2.75) is 30.5 Å². The summed E-state index contributed by atoms with van der Waals surface area (Å²) < 4.78 is 59.7. The van der Waals surface area contributed by atoms with Gasteiger partial charge >= 0.3 is 6.03 Å². The van der Waals surface area contributed by atoms with Gasteiger partial charge < -0.3 is 15.0 Å². The number of hydroxylamine groups is 1. The maximum Gasteiger partial charge on any atom is 0.317 e. The number of nitrogens with one attached hydrogen (secondary N) is 2. The van der Waals surface area contributed by atoms with E-state index in [0.29, 0.717) is 0 Å². The van der Waals surface area contributed by atoms with Crippen LogP contribution in [0.2, 0.25) is 0 Å². The van der Waals surface area contributed by atoms with Crippen molar-refractivity contribution in [3.63, 3.8) is 0 Å². The van der Waals surface area contributed by atoms with E-state index >= 15 is 0 Å². The molecule has 0 saturated carbocycles. The summed E-state index contributed by atoms with van der Waals surface area (Å²) >= 11 is 0. The first kappa shape index (κ1) is 25.3. The average Bonchev–Trinajstić information content (AvgIpc) is 2.82. The fraction of sp³-hybridized carbons (Fsp3) is 0.333. The number of ether oxygens (including phenoxy) is 1. The lowest BCUT2D eigenvalue weighted by Gasteiger charge is -2.43. The Labute approximate surface area is 195 Å². The van der Waals surface area contributed by atoms with Gasteiger partial charge in [-0.1, -0.05) is 0 Å². The van der Waals surface area contributed by atoms with E-state index in [0.717, 1.165) is 16.4 Å². The Morgan fingerprint density at radius 3 is 2.41 bits per heavy atom. The minimum Gasteiger partial charge on any atom is -0.489 e. The first-order valence-electron chi connectivity index (χ1n) is 10.2. The van der Waals surface area contributed by atoms with Gasteiger partial charge in [-0.15, -0.1) is 0 Å². The average molecular weight is 499 g/mol. The zero-order valence-corrected chi connectivity index (χ0v) is 19.2. The van der Waals surface area contributed by atoms with Crippen molar-refractivity contribution < 1.29 is 36.7 Å². The number of carbonyl (C=O) groups excluding carboxylic acids is 2. The van der Waals surface area contributed by atoms with E-state index in [9.17, 15) is 26.8 Å². The van der Waals surface area contributed by atoms with Gasteiger partial charge in [-0.05, 0) is 43.3 Å². The second-order valence-electron chi connectivity index (χ2n) is 7.52. The number of carbonyl (C=O) groups is 2. The molecular weight excluding hydrogens is 474 g/mol. The molecular formula is C21H24F2N4O6S. The number of piperazine rings is 1. The molecule has 0 bridgehead atoms. The van der Waals surface area contributed by atoms with E-state index in [-0.39, 0.29) is 35.9 Å². The smallest absolute Gasteiger partial charge is 0.317 e. The van der Waals surface area contributed by atoms with Crippen molar-refractivity contribution in [1.29, 1.82) is 0 Å². The van der Waals surface area contributed by atoms with Gasteiger partial charge in [-0.25, -0.2) is 27.5 Å². The number of benzene rings is 2. The highest BCUT2D eigenvalue weighted by Gasteiger charge is 2.45. The van der Waals surface area contributed by atoms with Gasteiger partial charge in [-0.3, -0.25) is 10.0 Å². The largest absolute Gasteiger partial charge is 0.489 e. The van der Waals surface area contributed by atoms with Crippen molar-refractivity contribution >= 4 is 22.0 Å². The molecule has 1 heterocycles. The Hall–Kier alpha value is -3.29. The van der Waals surface area contributed by atoms with E-state index in [1.54, 1.807) is 0 Å². The van der Waals surface area contributed by atoms with Crippen molar-refractivity contribution in [3.8, 4) is 5.75 Å². The number of urea groups is 1. The zero-order chi connectivity index (χ0) is 25.0. The predicted octanol–water partition coefficient (Wildman–Crippen LogP) is 1.45. The highest BCUT2D eigenvalue weighted by Crippen LogP contribution is 2.27. The number of nitrogens with zero attached hydrogens (tertiary/aromatic N) is 2. The van der Waals surface area contributed by atoms with Crippen LogP contribution in [0.1, 0.15) is 12.5 Å². The molecule has 13 heteroatoms. The summed E-state index contributed by atoms with van der Waals surface area (Å²) in [5.41, 5.74) is 1.59. The van der Waals surface area contributed by atoms with Crippen LogP contribution in [0.3, 0.4) is 0 Å². The minimum atomic E-state index is -4.20. The topological polar surface area (TPSA) is 128 Å². The zero-order valence-electron chi connectivity index (χ0n) is 18.4. The summed E-state index contributed by atoms with van der Waals surface area (Å²) in [5, 5.41) is 11.6. The van der Waals surface area contributed by atoms with E-state index in [4.69, 9.17) is 9.94 Å². The highest BCUT2D eigenvalue weighted by molar-refractivity contribution is 7.89. The molecule has 34 heavy (non-hydrogen) atoms. The second-order valence-corrected chi connectivity index (χ2v) is 9.41. The van der Waals surface area contributed by atoms with Gasteiger partial charge in [0.15, 0.2) is 0 Å². The normalized spacial score (nSPS) is 18.9. The van der Waals surface area contributed by atoms with Gasteiger partial charge in [0.25, 0.3) is 5.91 Å². The number of rotatable bonds is 6. The predicted molar refractivity (Wildman–Crippen MR) is 115 cm³/mol. The van der Waals surface area contributed by atoms with E-state index in [1.165, 1.54) is 54.7 Å². The van der Waals surface area contributed by atoms with Crippen LogP contribution in [0.25, 0.3) is 0 Å². The fourth-order valence-electron chi connectivity index (χ4n) is 3.72. The molecule has 3 N–H and O–H groups in total. The lowest BCUT2D eigenvalue weighted by Crippen LogP contribution is -2.66. The van der Waals surface area contributed by atoms with Crippen molar-refractivity contribution in [2.75, 3.05) is 20.1 Å². The first-order valence-corrected chi connectivity index (χ1v) is 11.6. The second kappa shape index (κ2) is 10.3. The Balaban J connectivity index is 1.80. The lowest BCUT2D eigenvalue weighted by atomic mass is 10.1. The number of sulfonamides is 1. The van der Waals surface area contributed by atoms with Crippen molar-refractivity contribution in [1.82, 2.24) is 20.0 Å². The molecule has 3 rings (SSSR count). The quantitative estimate of drug-likeness (QED) is 0.409. The summed E-state index contributed by atoms with van der Waals surface area (Å²) in [6.45, 7) is 1.15. The molecule has 0 spiro atoms. The van der Waals surface area contributed by atoms with Gasteiger partial charge in [0.1, 0.15) is 30.0 Å². The third-order valence-electron chi connectivity index (χ3n) is 5.51. The minimum absolute atomic E-state index is 0.0275. The maximum absolute atomic E-state index is 13.8. The molecule has 1 saturated heterocycles. The van der Waals surface area contributed by atoms with Crippen LogP contribution in [0.4, 0.5) is 13.6 Å². The molecule has 1 fully saturated rings. The van der Waals surface area contributed by atoms with E-state index in [2.05, 4.69) is 5.32 Å². The standard InChI is InChI=1S/C21H24F2N4O6S/c1-13-19(20(28)25-30)27(10-9-26(13)21(29)24-2)34(31,32)17-7-5-16(6-8-17)33-12-14-3-4-15(22)11-18(14)23/h3-8,11,13,19,30H,9-10,12H2,1-2H3,(H,24,29)(H,25,28). The summed E-state index contributed by atoms with van der Waals surface area (Å²) in [6.07, 6.45) is 0.